The fraction of sp³-hybridized carbons (Fsp3) is 0.556. The van der Waals surface area contributed by atoms with Crippen molar-refractivity contribution < 1.29 is 4.79 Å². The lowest BCUT2D eigenvalue weighted by Crippen LogP contribution is -2.39. The molecule has 6 heteroatoms. The lowest BCUT2D eigenvalue weighted by atomic mass is 10.3. The highest BCUT2D eigenvalue weighted by molar-refractivity contribution is 7.13. The van der Waals surface area contributed by atoms with Crippen molar-refractivity contribution in [2.45, 2.75) is 19.5 Å². The third-order valence-corrected chi connectivity index (χ3v) is 3.98. The van der Waals surface area contributed by atoms with Gasteiger partial charge < -0.3 is 5.73 Å². The summed E-state index contributed by atoms with van der Waals surface area (Å²) in [7, 11) is 0. The molecule has 0 aliphatic carbocycles. The van der Waals surface area contributed by atoms with E-state index in [0.717, 1.165) is 31.9 Å². The summed E-state index contributed by atoms with van der Waals surface area (Å²) in [5.41, 5.74) is 6.26. The standard InChI is InChI=1S/C9H12N4OS/c10-8(14)9-11-6-4-12-2-1-3-13(12)5-7(6)15-9/h1-5H2,(H2,10,14). The number of aromatic nitrogens is 1. The molecule has 15 heavy (non-hydrogen) atoms. The first-order valence-corrected chi connectivity index (χ1v) is 5.84. The summed E-state index contributed by atoms with van der Waals surface area (Å²) < 4.78 is 0. The van der Waals surface area contributed by atoms with E-state index in [-0.39, 0.29) is 0 Å². The normalized spacial score (nSPS) is 21.3. The third kappa shape index (κ3) is 1.45. The number of primary amides is 1. The number of nitrogens with zero attached hydrogens (tertiary/aromatic N) is 3. The van der Waals surface area contributed by atoms with E-state index in [1.54, 1.807) is 0 Å². The van der Waals surface area contributed by atoms with Crippen molar-refractivity contribution in [2.24, 2.45) is 5.73 Å². The number of hydrazine groups is 1. The number of rotatable bonds is 1. The summed E-state index contributed by atoms with van der Waals surface area (Å²) in [6, 6.07) is 0. The largest absolute Gasteiger partial charge is 0.364 e. The van der Waals surface area contributed by atoms with Crippen LogP contribution in [0.4, 0.5) is 0 Å². The van der Waals surface area contributed by atoms with E-state index in [1.807, 2.05) is 0 Å². The molecule has 5 nitrogen and oxygen atoms in total. The molecule has 3 heterocycles. The average Bonchev–Trinajstić information content (AvgIpc) is 2.77. The highest BCUT2D eigenvalue weighted by atomic mass is 32.1. The molecule has 2 aliphatic rings. The van der Waals surface area contributed by atoms with Gasteiger partial charge in [0.1, 0.15) is 0 Å². The Labute approximate surface area is 91.5 Å². The fourth-order valence-electron chi connectivity index (χ4n) is 2.15. The fourth-order valence-corrected chi connectivity index (χ4v) is 3.08. The maximum atomic E-state index is 11.0. The maximum absolute atomic E-state index is 11.0. The van der Waals surface area contributed by atoms with Gasteiger partial charge in [-0.3, -0.25) is 4.79 Å². The Kier molecular flexibility index (Phi) is 2.01. The average molecular weight is 224 g/mol. The van der Waals surface area contributed by atoms with Crippen LogP contribution in [0, 0.1) is 0 Å². The number of carbonyl (C=O) groups excluding carboxylic acids is 1. The summed E-state index contributed by atoms with van der Waals surface area (Å²) in [5, 5.41) is 5.07. The first-order valence-electron chi connectivity index (χ1n) is 5.02. The van der Waals surface area contributed by atoms with Crippen LogP contribution in [0.5, 0.6) is 0 Å². The zero-order chi connectivity index (χ0) is 10.4. The Hall–Kier alpha value is -0.980. The number of thiazole rings is 1. The van der Waals surface area contributed by atoms with Crippen molar-refractivity contribution in [3.05, 3.63) is 15.6 Å². The summed E-state index contributed by atoms with van der Waals surface area (Å²) in [4.78, 5) is 16.5. The molecule has 0 atom stereocenters. The zero-order valence-electron chi connectivity index (χ0n) is 8.27. The van der Waals surface area contributed by atoms with E-state index < -0.39 is 5.91 Å². The van der Waals surface area contributed by atoms with Gasteiger partial charge >= 0.3 is 0 Å². The summed E-state index contributed by atoms with van der Waals surface area (Å²) in [6.45, 7) is 3.94. The van der Waals surface area contributed by atoms with Crippen molar-refractivity contribution in [1.82, 2.24) is 15.0 Å². The Bertz CT molecular complexity index is 387. The Morgan fingerprint density at radius 2 is 2.07 bits per heavy atom. The van der Waals surface area contributed by atoms with E-state index in [2.05, 4.69) is 15.0 Å². The number of hydrogen-bond acceptors (Lipinski definition) is 5. The van der Waals surface area contributed by atoms with Crippen molar-refractivity contribution in [2.75, 3.05) is 13.1 Å². The van der Waals surface area contributed by atoms with Crippen LogP contribution < -0.4 is 5.73 Å². The van der Waals surface area contributed by atoms with E-state index in [1.165, 1.54) is 22.6 Å². The second-order valence-electron chi connectivity index (χ2n) is 3.88. The van der Waals surface area contributed by atoms with Crippen LogP contribution in [0.2, 0.25) is 0 Å². The highest BCUT2D eigenvalue weighted by Crippen LogP contribution is 2.29. The van der Waals surface area contributed by atoms with Gasteiger partial charge in [-0.15, -0.1) is 11.3 Å². The van der Waals surface area contributed by atoms with Gasteiger partial charge in [-0.25, -0.2) is 15.0 Å². The molecule has 0 aromatic carbocycles. The summed E-state index contributed by atoms with van der Waals surface area (Å²) in [6.07, 6.45) is 1.22. The molecule has 1 fully saturated rings. The number of fused-ring (bicyclic) bond motifs is 2. The molecule has 3 rings (SSSR count). The second kappa shape index (κ2) is 3.26. The zero-order valence-corrected chi connectivity index (χ0v) is 9.09. The minimum Gasteiger partial charge on any atom is -0.364 e. The van der Waals surface area contributed by atoms with Crippen LogP contribution in [-0.2, 0) is 13.1 Å². The quantitative estimate of drug-likeness (QED) is 0.739. The van der Waals surface area contributed by atoms with Gasteiger partial charge in [-0.05, 0) is 6.42 Å². The van der Waals surface area contributed by atoms with Crippen LogP contribution in [0.25, 0.3) is 0 Å². The maximum Gasteiger partial charge on any atom is 0.277 e. The molecule has 80 valence electrons. The first-order chi connectivity index (χ1) is 7.24. The van der Waals surface area contributed by atoms with Crippen molar-refractivity contribution >= 4 is 17.2 Å². The summed E-state index contributed by atoms with van der Waals surface area (Å²) >= 11 is 1.44. The van der Waals surface area contributed by atoms with Gasteiger partial charge in [-0.1, -0.05) is 0 Å². The van der Waals surface area contributed by atoms with Gasteiger partial charge in [-0.2, -0.15) is 0 Å². The lowest BCUT2D eigenvalue weighted by molar-refractivity contribution is -0.00170. The van der Waals surface area contributed by atoms with Crippen LogP contribution in [0.3, 0.4) is 0 Å². The molecular weight excluding hydrogens is 212 g/mol. The van der Waals surface area contributed by atoms with Crippen LogP contribution in [0.1, 0.15) is 26.8 Å². The van der Waals surface area contributed by atoms with E-state index in [4.69, 9.17) is 5.73 Å². The van der Waals surface area contributed by atoms with E-state index in [9.17, 15) is 4.79 Å². The molecule has 0 spiro atoms. The molecule has 1 amide bonds. The molecule has 1 aromatic heterocycles. The Morgan fingerprint density at radius 3 is 2.80 bits per heavy atom. The molecule has 0 saturated carbocycles. The van der Waals surface area contributed by atoms with Crippen molar-refractivity contribution in [1.29, 1.82) is 0 Å². The van der Waals surface area contributed by atoms with Gasteiger partial charge in [0.15, 0.2) is 5.01 Å². The molecule has 2 N–H and O–H groups in total. The molecule has 1 saturated heterocycles. The Morgan fingerprint density at radius 1 is 1.33 bits per heavy atom. The van der Waals surface area contributed by atoms with Gasteiger partial charge in [0, 0.05) is 24.5 Å². The molecular formula is C9H12N4OS. The van der Waals surface area contributed by atoms with Crippen molar-refractivity contribution in [3.8, 4) is 0 Å². The molecule has 1 aromatic rings. The summed E-state index contributed by atoms with van der Waals surface area (Å²) in [5.74, 6) is -0.412. The SMILES string of the molecule is NC(=O)c1nc2c(s1)CN1CCCN1C2. The highest BCUT2D eigenvalue weighted by Gasteiger charge is 2.30. The topological polar surface area (TPSA) is 62.5 Å². The van der Waals surface area contributed by atoms with Crippen LogP contribution >= 0.6 is 11.3 Å². The number of carbonyl (C=O) groups is 1. The molecule has 0 unspecified atom stereocenters. The Balaban J connectivity index is 1.93. The van der Waals surface area contributed by atoms with Crippen LogP contribution in [-0.4, -0.2) is 34.0 Å². The lowest BCUT2D eigenvalue weighted by Gasteiger charge is -2.31. The second-order valence-corrected chi connectivity index (χ2v) is 4.97. The number of amides is 1. The molecule has 0 radical (unpaired) electrons. The minimum absolute atomic E-state index is 0.412. The number of hydrogen-bond donors (Lipinski definition) is 1. The monoisotopic (exact) mass is 224 g/mol. The van der Waals surface area contributed by atoms with Crippen molar-refractivity contribution in [3.63, 3.8) is 0 Å². The van der Waals surface area contributed by atoms with Gasteiger partial charge in [0.2, 0.25) is 0 Å². The first kappa shape index (κ1) is 9.26. The predicted molar refractivity (Wildman–Crippen MR) is 56.1 cm³/mol. The third-order valence-electron chi connectivity index (χ3n) is 2.88. The van der Waals surface area contributed by atoms with Gasteiger partial charge in [0.05, 0.1) is 12.2 Å². The number of nitrogens with two attached hydrogens (primary N) is 1. The molecule has 2 aliphatic heterocycles. The minimum atomic E-state index is -0.412. The smallest absolute Gasteiger partial charge is 0.277 e. The van der Waals surface area contributed by atoms with Crippen LogP contribution in [0.15, 0.2) is 0 Å². The molecule has 0 bridgehead atoms. The predicted octanol–water partition coefficient (Wildman–Crippen LogP) is 0.178. The van der Waals surface area contributed by atoms with E-state index in [0.29, 0.717) is 5.01 Å². The van der Waals surface area contributed by atoms with E-state index >= 15 is 0 Å². The van der Waals surface area contributed by atoms with Gasteiger partial charge in [0.25, 0.3) is 5.91 Å².